The second-order valence-corrected chi connectivity index (χ2v) is 15.3. The lowest BCUT2D eigenvalue weighted by atomic mass is 10.1. The summed E-state index contributed by atoms with van der Waals surface area (Å²) in [4.78, 5) is 17.3. The number of furan rings is 1. The normalized spacial score (nSPS) is 11.9. The van der Waals surface area contributed by atoms with Gasteiger partial charge in [0.25, 0.3) is 5.91 Å². The molecule has 0 fully saturated rings. The van der Waals surface area contributed by atoms with E-state index in [0.29, 0.717) is 28.4 Å². The van der Waals surface area contributed by atoms with Gasteiger partial charge in [0.1, 0.15) is 29.8 Å². The molecule has 1 amide bonds. The van der Waals surface area contributed by atoms with Crippen molar-refractivity contribution in [1.82, 2.24) is 14.8 Å². The maximum absolute atomic E-state index is 13.2. The van der Waals surface area contributed by atoms with E-state index < -0.39 is 20.6 Å². The van der Waals surface area contributed by atoms with Crippen LogP contribution in [0.1, 0.15) is 10.4 Å². The zero-order valence-electron chi connectivity index (χ0n) is 19.9. The number of carbonyl (C=O) groups is 1. The summed E-state index contributed by atoms with van der Waals surface area (Å²) in [7, 11) is -1.32. The van der Waals surface area contributed by atoms with Crippen molar-refractivity contribution in [2.45, 2.75) is 39.0 Å². The number of benzene rings is 1. The maximum atomic E-state index is 13.2. The van der Waals surface area contributed by atoms with Gasteiger partial charge < -0.3 is 19.2 Å². The summed E-state index contributed by atoms with van der Waals surface area (Å²) in [6.07, 6.45) is 4.27. The third-order valence-electron chi connectivity index (χ3n) is 5.28. The number of ether oxygens (including phenoxy) is 2. The minimum atomic E-state index is -3.06. The Morgan fingerprint density at radius 1 is 1.28 bits per heavy atom. The van der Waals surface area contributed by atoms with Crippen molar-refractivity contribution in [3.05, 3.63) is 59.6 Å². The summed E-state index contributed by atoms with van der Waals surface area (Å²) in [5.41, 5.74) is 1.83. The monoisotopic (exact) mass is 534 g/mol. The summed E-state index contributed by atoms with van der Waals surface area (Å²) in [5.74, 6) is -0.629. The number of hydrogen-bond acceptors (Lipinski definition) is 6. The third kappa shape index (κ3) is 6.09. The topological polar surface area (TPSA) is 91.4 Å². The number of fused-ring (bicyclic) bond motifs is 1. The first-order valence-corrected chi connectivity index (χ1v) is 15.2. The molecule has 0 unspecified atom stereocenters. The fourth-order valence-corrected chi connectivity index (χ4v) is 4.42. The molecule has 36 heavy (non-hydrogen) atoms. The fourth-order valence-electron chi connectivity index (χ4n) is 3.49. The van der Waals surface area contributed by atoms with Crippen LogP contribution in [0.3, 0.4) is 0 Å². The Hall–Kier alpha value is -3.28. The smallest absolute Gasteiger partial charge is 0.387 e. The van der Waals surface area contributed by atoms with E-state index in [0.717, 1.165) is 6.04 Å². The summed E-state index contributed by atoms with van der Waals surface area (Å²) in [6, 6.07) is 8.58. The van der Waals surface area contributed by atoms with Crippen molar-refractivity contribution in [3.8, 4) is 17.0 Å². The zero-order chi connectivity index (χ0) is 25.9. The van der Waals surface area contributed by atoms with Crippen LogP contribution in [0.5, 0.6) is 5.75 Å². The number of anilines is 1. The fraction of sp³-hybridized carbons (Fsp3) is 0.292. The third-order valence-corrected chi connectivity index (χ3v) is 7.22. The SMILES string of the molecule is C[Si](C)(C)CCOCn1ncc(NC(=O)c2coc3cccnc23)c1-c1cc(Cl)ccc1OC(F)F. The van der Waals surface area contributed by atoms with Crippen LogP contribution < -0.4 is 10.1 Å². The van der Waals surface area contributed by atoms with Crippen LogP contribution in [0.15, 0.2) is 53.4 Å². The molecule has 0 aliphatic rings. The molecular formula is C24H25ClF2N4O4Si. The van der Waals surface area contributed by atoms with E-state index in [9.17, 15) is 13.6 Å². The number of pyridine rings is 1. The lowest BCUT2D eigenvalue weighted by Gasteiger charge is -2.17. The molecule has 0 spiro atoms. The molecule has 190 valence electrons. The number of hydrogen-bond donors (Lipinski definition) is 1. The van der Waals surface area contributed by atoms with Crippen LogP contribution in [0, 0.1) is 0 Å². The standard InChI is InChI=1S/C24H25ClF2N4O4Si/c1-36(2,3)10-9-33-14-31-22(16-11-15(25)6-7-19(16)35-24(26)27)18(12-29-31)30-23(32)17-13-34-20-5-4-8-28-21(17)20/h4-8,11-13,24H,9-10,14H2,1-3H3,(H,30,32). The molecule has 12 heteroatoms. The highest BCUT2D eigenvalue weighted by atomic mass is 35.5. The molecular weight excluding hydrogens is 510 g/mol. The second-order valence-electron chi connectivity index (χ2n) is 9.23. The van der Waals surface area contributed by atoms with E-state index in [-0.39, 0.29) is 29.3 Å². The number of nitrogens with one attached hydrogen (secondary N) is 1. The Morgan fingerprint density at radius 3 is 2.83 bits per heavy atom. The first kappa shape index (κ1) is 25.8. The average molecular weight is 535 g/mol. The molecule has 1 N–H and O–H groups in total. The minimum absolute atomic E-state index is 0.0342. The maximum Gasteiger partial charge on any atom is 0.387 e. The van der Waals surface area contributed by atoms with Crippen LogP contribution in [0.25, 0.3) is 22.4 Å². The van der Waals surface area contributed by atoms with E-state index in [4.69, 9.17) is 25.5 Å². The molecule has 0 saturated carbocycles. The van der Waals surface area contributed by atoms with E-state index in [1.807, 2.05) is 0 Å². The summed E-state index contributed by atoms with van der Waals surface area (Å²) >= 11 is 6.20. The Morgan fingerprint density at radius 2 is 2.08 bits per heavy atom. The molecule has 0 atom stereocenters. The van der Waals surface area contributed by atoms with Gasteiger partial charge in [0.2, 0.25) is 0 Å². The molecule has 4 aromatic rings. The molecule has 0 bridgehead atoms. The van der Waals surface area contributed by atoms with Crippen LogP contribution in [-0.4, -0.2) is 42.0 Å². The lowest BCUT2D eigenvalue weighted by molar-refractivity contribution is -0.0495. The number of nitrogens with zero attached hydrogens (tertiary/aromatic N) is 3. The van der Waals surface area contributed by atoms with Crippen LogP contribution in [0.4, 0.5) is 14.5 Å². The molecule has 8 nitrogen and oxygen atoms in total. The van der Waals surface area contributed by atoms with Gasteiger partial charge >= 0.3 is 6.61 Å². The number of amides is 1. The largest absolute Gasteiger partial charge is 0.462 e. The number of aromatic nitrogens is 3. The quantitative estimate of drug-likeness (QED) is 0.184. The van der Waals surface area contributed by atoms with Crippen molar-refractivity contribution >= 4 is 42.4 Å². The van der Waals surface area contributed by atoms with Gasteiger partial charge in [0.15, 0.2) is 5.58 Å². The molecule has 0 aliphatic carbocycles. The van der Waals surface area contributed by atoms with Crippen molar-refractivity contribution in [3.63, 3.8) is 0 Å². The van der Waals surface area contributed by atoms with Crippen molar-refractivity contribution in [1.29, 1.82) is 0 Å². The Kier molecular flexibility index (Phi) is 7.72. The predicted molar refractivity (Wildman–Crippen MR) is 135 cm³/mol. The van der Waals surface area contributed by atoms with E-state index in [1.165, 1.54) is 35.3 Å². The molecule has 3 aromatic heterocycles. The van der Waals surface area contributed by atoms with Crippen LogP contribution in [-0.2, 0) is 11.5 Å². The predicted octanol–water partition coefficient (Wildman–Crippen LogP) is 6.51. The number of carbonyl (C=O) groups excluding carboxylic acids is 1. The number of alkyl halides is 2. The molecule has 0 aliphatic heterocycles. The number of halogens is 3. The van der Waals surface area contributed by atoms with E-state index in [2.05, 4.69) is 35.0 Å². The van der Waals surface area contributed by atoms with Gasteiger partial charge in [0, 0.05) is 31.5 Å². The molecule has 1 aromatic carbocycles. The average Bonchev–Trinajstić information content (AvgIpc) is 3.41. The van der Waals surface area contributed by atoms with Gasteiger partial charge in [0.05, 0.1) is 17.6 Å². The van der Waals surface area contributed by atoms with E-state index in [1.54, 1.807) is 18.3 Å². The zero-order valence-corrected chi connectivity index (χ0v) is 21.7. The van der Waals surface area contributed by atoms with Crippen LogP contribution >= 0.6 is 11.6 Å². The van der Waals surface area contributed by atoms with Crippen molar-refractivity contribution < 1.29 is 27.5 Å². The Balaban J connectivity index is 1.70. The second kappa shape index (κ2) is 10.8. The first-order valence-electron chi connectivity index (χ1n) is 11.1. The van der Waals surface area contributed by atoms with Gasteiger partial charge in [-0.3, -0.25) is 9.78 Å². The summed E-state index contributed by atoms with van der Waals surface area (Å²) < 4.78 is 43.8. The molecule has 0 saturated heterocycles. The Bertz CT molecular complexity index is 1370. The van der Waals surface area contributed by atoms with Gasteiger partial charge in [-0.15, -0.1) is 0 Å². The first-order chi connectivity index (χ1) is 17.1. The Labute approximate surface area is 212 Å². The lowest BCUT2D eigenvalue weighted by Crippen LogP contribution is -2.22. The highest BCUT2D eigenvalue weighted by molar-refractivity contribution is 6.76. The van der Waals surface area contributed by atoms with Crippen molar-refractivity contribution in [2.75, 3.05) is 11.9 Å². The summed E-state index contributed by atoms with van der Waals surface area (Å²) in [6.45, 7) is 4.19. The molecule has 4 rings (SSSR count). The van der Waals surface area contributed by atoms with Gasteiger partial charge in [-0.25, -0.2) is 4.68 Å². The highest BCUT2D eigenvalue weighted by Crippen LogP contribution is 2.38. The van der Waals surface area contributed by atoms with Gasteiger partial charge in [-0.2, -0.15) is 13.9 Å². The molecule has 3 heterocycles. The summed E-state index contributed by atoms with van der Waals surface area (Å²) in [5, 5.41) is 7.41. The number of rotatable bonds is 10. The van der Waals surface area contributed by atoms with Crippen LogP contribution in [0.2, 0.25) is 30.7 Å². The highest BCUT2D eigenvalue weighted by Gasteiger charge is 2.23. The molecule has 0 radical (unpaired) electrons. The minimum Gasteiger partial charge on any atom is -0.462 e. The van der Waals surface area contributed by atoms with E-state index >= 15 is 0 Å². The van der Waals surface area contributed by atoms with Crippen molar-refractivity contribution in [2.24, 2.45) is 0 Å². The van der Waals surface area contributed by atoms with Gasteiger partial charge in [-0.1, -0.05) is 31.2 Å². The van der Waals surface area contributed by atoms with Gasteiger partial charge in [-0.05, 0) is 36.4 Å².